The van der Waals surface area contributed by atoms with E-state index in [2.05, 4.69) is 29.0 Å². The Hall–Kier alpha value is -1.65. The first-order valence-corrected chi connectivity index (χ1v) is 4.63. The molecular formula is C9H13N5. The highest BCUT2D eigenvalue weighted by molar-refractivity contribution is 4.89. The van der Waals surface area contributed by atoms with E-state index in [4.69, 9.17) is 0 Å². The van der Waals surface area contributed by atoms with E-state index in [9.17, 15) is 0 Å². The highest BCUT2D eigenvalue weighted by Crippen LogP contribution is 2.05. The van der Waals surface area contributed by atoms with Crippen LogP contribution in [0.3, 0.4) is 0 Å². The highest BCUT2D eigenvalue weighted by atomic mass is 15.4. The normalized spacial score (nSPS) is 11.1. The summed E-state index contributed by atoms with van der Waals surface area (Å²) in [4.78, 5) is 4.20. The van der Waals surface area contributed by atoms with Crippen LogP contribution in [0.25, 0.3) is 0 Å². The van der Waals surface area contributed by atoms with Crippen molar-refractivity contribution in [2.24, 2.45) is 0 Å². The van der Waals surface area contributed by atoms with E-state index in [0.717, 1.165) is 5.82 Å². The molecule has 2 aromatic heterocycles. The van der Waals surface area contributed by atoms with Gasteiger partial charge in [-0.2, -0.15) is 10.2 Å². The zero-order chi connectivity index (χ0) is 9.97. The van der Waals surface area contributed by atoms with E-state index >= 15 is 0 Å². The topological polar surface area (TPSA) is 48.5 Å². The van der Waals surface area contributed by atoms with Gasteiger partial charge in [0.2, 0.25) is 0 Å². The zero-order valence-electron chi connectivity index (χ0n) is 8.33. The van der Waals surface area contributed by atoms with Gasteiger partial charge in [0.05, 0.1) is 0 Å². The van der Waals surface area contributed by atoms with Crippen LogP contribution >= 0.6 is 0 Å². The highest BCUT2D eigenvalue weighted by Gasteiger charge is 2.07. The Morgan fingerprint density at radius 3 is 2.86 bits per heavy atom. The van der Waals surface area contributed by atoms with Gasteiger partial charge in [0.1, 0.15) is 18.7 Å². The predicted octanol–water partition coefficient (Wildman–Crippen LogP) is 1.10. The fraction of sp³-hybridized carbons (Fsp3) is 0.444. The minimum atomic E-state index is 0.336. The van der Waals surface area contributed by atoms with Crippen LogP contribution in [0, 0.1) is 0 Å². The Bertz CT molecular complexity index is 387. The van der Waals surface area contributed by atoms with E-state index < -0.39 is 0 Å². The molecule has 2 aromatic rings. The lowest BCUT2D eigenvalue weighted by molar-refractivity contribution is 0.488. The molecular weight excluding hydrogens is 178 g/mol. The van der Waals surface area contributed by atoms with Crippen LogP contribution in [0.1, 0.15) is 25.7 Å². The molecule has 74 valence electrons. The Labute approximate surface area is 82.4 Å². The first kappa shape index (κ1) is 8.93. The number of hydrogen-bond acceptors (Lipinski definition) is 3. The molecule has 0 aliphatic rings. The maximum absolute atomic E-state index is 4.20. The monoisotopic (exact) mass is 191 g/mol. The van der Waals surface area contributed by atoms with Crippen LogP contribution in [0.4, 0.5) is 0 Å². The summed E-state index contributed by atoms with van der Waals surface area (Å²) < 4.78 is 3.74. The first-order chi connectivity index (χ1) is 6.77. The van der Waals surface area contributed by atoms with Gasteiger partial charge < -0.3 is 0 Å². The van der Waals surface area contributed by atoms with Crippen molar-refractivity contribution in [1.82, 2.24) is 24.5 Å². The van der Waals surface area contributed by atoms with E-state index in [1.165, 1.54) is 0 Å². The third kappa shape index (κ3) is 1.66. The molecule has 0 aromatic carbocycles. The summed E-state index contributed by atoms with van der Waals surface area (Å²) in [5.41, 5.74) is 0. The van der Waals surface area contributed by atoms with Crippen LogP contribution in [0.5, 0.6) is 0 Å². The van der Waals surface area contributed by atoms with Crippen molar-refractivity contribution in [2.75, 3.05) is 0 Å². The molecule has 0 saturated heterocycles. The predicted molar refractivity (Wildman–Crippen MR) is 51.7 cm³/mol. The van der Waals surface area contributed by atoms with E-state index in [0.29, 0.717) is 12.6 Å². The van der Waals surface area contributed by atoms with Crippen molar-refractivity contribution in [3.63, 3.8) is 0 Å². The lowest BCUT2D eigenvalue weighted by Crippen LogP contribution is -2.12. The standard InChI is InChI=1S/C9H13N5/c1-8(2)14-9(10-7-12-14)6-13-5-3-4-11-13/h3-5,7-8H,6H2,1-2H3. The summed E-state index contributed by atoms with van der Waals surface area (Å²) in [6.07, 6.45) is 5.26. The quantitative estimate of drug-likeness (QED) is 0.730. The van der Waals surface area contributed by atoms with Gasteiger partial charge in [0.25, 0.3) is 0 Å². The average Bonchev–Trinajstić information content (AvgIpc) is 2.75. The molecule has 0 radical (unpaired) electrons. The van der Waals surface area contributed by atoms with Crippen molar-refractivity contribution in [2.45, 2.75) is 26.4 Å². The molecule has 0 atom stereocenters. The summed E-state index contributed by atoms with van der Waals surface area (Å²) in [7, 11) is 0. The number of aromatic nitrogens is 5. The summed E-state index contributed by atoms with van der Waals surface area (Å²) in [5.74, 6) is 0.934. The molecule has 0 fully saturated rings. The van der Waals surface area contributed by atoms with Gasteiger partial charge in [-0.15, -0.1) is 0 Å². The summed E-state index contributed by atoms with van der Waals surface area (Å²) in [5, 5.41) is 8.29. The van der Waals surface area contributed by atoms with Crippen molar-refractivity contribution in [3.8, 4) is 0 Å². The zero-order valence-corrected chi connectivity index (χ0v) is 8.33. The van der Waals surface area contributed by atoms with Gasteiger partial charge in [-0.1, -0.05) is 0 Å². The van der Waals surface area contributed by atoms with E-state index in [1.807, 2.05) is 21.6 Å². The molecule has 0 amide bonds. The fourth-order valence-corrected chi connectivity index (χ4v) is 1.36. The van der Waals surface area contributed by atoms with Crippen molar-refractivity contribution in [1.29, 1.82) is 0 Å². The number of hydrogen-bond donors (Lipinski definition) is 0. The van der Waals surface area contributed by atoms with Crippen LogP contribution in [0.2, 0.25) is 0 Å². The lowest BCUT2D eigenvalue weighted by Gasteiger charge is -2.08. The molecule has 0 aliphatic heterocycles. The van der Waals surface area contributed by atoms with Gasteiger partial charge in [0, 0.05) is 18.4 Å². The first-order valence-electron chi connectivity index (χ1n) is 4.63. The number of nitrogens with zero attached hydrogens (tertiary/aromatic N) is 5. The molecule has 5 nitrogen and oxygen atoms in total. The minimum absolute atomic E-state index is 0.336. The largest absolute Gasteiger partial charge is 0.265 e. The van der Waals surface area contributed by atoms with E-state index in [1.54, 1.807) is 12.5 Å². The second kappa shape index (κ2) is 3.61. The second-order valence-electron chi connectivity index (χ2n) is 3.42. The average molecular weight is 191 g/mol. The van der Waals surface area contributed by atoms with Gasteiger partial charge in [-0.05, 0) is 19.9 Å². The van der Waals surface area contributed by atoms with Crippen LogP contribution in [-0.2, 0) is 6.54 Å². The maximum atomic E-state index is 4.20. The molecule has 0 unspecified atom stereocenters. The Morgan fingerprint density at radius 2 is 2.21 bits per heavy atom. The molecule has 0 aliphatic carbocycles. The molecule has 0 N–H and O–H groups in total. The molecule has 0 saturated carbocycles. The summed E-state index contributed by atoms with van der Waals surface area (Å²) >= 11 is 0. The third-order valence-corrected chi connectivity index (χ3v) is 2.00. The SMILES string of the molecule is CC(C)n1ncnc1Cn1cccn1. The maximum Gasteiger partial charge on any atom is 0.148 e. The molecule has 0 bridgehead atoms. The van der Waals surface area contributed by atoms with Crippen molar-refractivity contribution < 1.29 is 0 Å². The molecule has 14 heavy (non-hydrogen) atoms. The van der Waals surface area contributed by atoms with Crippen LogP contribution < -0.4 is 0 Å². The minimum Gasteiger partial charge on any atom is -0.265 e. The lowest BCUT2D eigenvalue weighted by atomic mass is 10.4. The van der Waals surface area contributed by atoms with Gasteiger partial charge in [-0.25, -0.2) is 9.67 Å². The van der Waals surface area contributed by atoms with Gasteiger partial charge in [0.15, 0.2) is 0 Å². The van der Waals surface area contributed by atoms with Crippen LogP contribution in [0.15, 0.2) is 24.8 Å². The molecule has 0 spiro atoms. The van der Waals surface area contributed by atoms with Gasteiger partial charge in [-0.3, -0.25) is 4.68 Å². The Morgan fingerprint density at radius 1 is 1.36 bits per heavy atom. The molecule has 2 rings (SSSR count). The van der Waals surface area contributed by atoms with Gasteiger partial charge >= 0.3 is 0 Å². The number of rotatable bonds is 3. The summed E-state index contributed by atoms with van der Waals surface area (Å²) in [6, 6.07) is 2.24. The molecule has 2 heterocycles. The third-order valence-electron chi connectivity index (χ3n) is 2.00. The van der Waals surface area contributed by atoms with Crippen molar-refractivity contribution >= 4 is 0 Å². The van der Waals surface area contributed by atoms with Crippen molar-refractivity contribution in [3.05, 3.63) is 30.6 Å². The van der Waals surface area contributed by atoms with Crippen LogP contribution in [-0.4, -0.2) is 24.5 Å². The smallest absolute Gasteiger partial charge is 0.148 e. The summed E-state index contributed by atoms with van der Waals surface area (Å²) in [6.45, 7) is 4.84. The van der Waals surface area contributed by atoms with E-state index in [-0.39, 0.29) is 0 Å². The Kier molecular flexibility index (Phi) is 2.30. The second-order valence-corrected chi connectivity index (χ2v) is 3.42. The Balaban J connectivity index is 2.21. The molecule has 5 heteroatoms. The fourth-order valence-electron chi connectivity index (χ4n) is 1.36.